The summed E-state index contributed by atoms with van der Waals surface area (Å²) < 4.78 is 0. The minimum absolute atomic E-state index is 0.00410. The molecule has 7 heteroatoms. The average Bonchev–Trinajstić information content (AvgIpc) is 2.89. The standard InChI is InChI=1S/C13H23N3O4/c1-2-14-11(17)7-8-15-13(20)16(9-12(18)19)10-5-3-4-6-10/h10H,2-9H2,1H3,(H,14,17)(H,15,20)(H,18,19). The van der Waals surface area contributed by atoms with Crippen LogP contribution >= 0.6 is 0 Å². The van der Waals surface area contributed by atoms with Gasteiger partial charge in [0, 0.05) is 25.6 Å². The van der Waals surface area contributed by atoms with Crippen molar-refractivity contribution in [3.63, 3.8) is 0 Å². The van der Waals surface area contributed by atoms with Crippen LogP contribution in [0.1, 0.15) is 39.0 Å². The molecule has 7 nitrogen and oxygen atoms in total. The van der Waals surface area contributed by atoms with Crippen LogP contribution in [0.3, 0.4) is 0 Å². The quantitative estimate of drug-likeness (QED) is 0.636. The minimum atomic E-state index is -1.02. The van der Waals surface area contributed by atoms with Crippen LogP contribution in [-0.2, 0) is 9.59 Å². The zero-order valence-corrected chi connectivity index (χ0v) is 11.9. The minimum Gasteiger partial charge on any atom is -0.480 e. The van der Waals surface area contributed by atoms with Crippen LogP contribution in [0.25, 0.3) is 0 Å². The Morgan fingerprint density at radius 2 is 1.85 bits per heavy atom. The van der Waals surface area contributed by atoms with E-state index in [9.17, 15) is 14.4 Å². The first kappa shape index (κ1) is 16.3. The number of nitrogens with zero attached hydrogens (tertiary/aromatic N) is 1. The first-order chi connectivity index (χ1) is 9.54. The van der Waals surface area contributed by atoms with Crippen molar-refractivity contribution in [2.24, 2.45) is 0 Å². The van der Waals surface area contributed by atoms with E-state index < -0.39 is 12.0 Å². The van der Waals surface area contributed by atoms with Crippen LogP contribution in [0.15, 0.2) is 0 Å². The fourth-order valence-electron chi connectivity index (χ4n) is 2.40. The van der Waals surface area contributed by atoms with Gasteiger partial charge in [-0.3, -0.25) is 9.59 Å². The molecule has 20 heavy (non-hydrogen) atoms. The van der Waals surface area contributed by atoms with Crippen molar-refractivity contribution < 1.29 is 19.5 Å². The van der Waals surface area contributed by atoms with E-state index >= 15 is 0 Å². The molecule has 1 aliphatic carbocycles. The predicted molar refractivity (Wildman–Crippen MR) is 73.3 cm³/mol. The normalized spacial score (nSPS) is 14.8. The van der Waals surface area contributed by atoms with Crippen molar-refractivity contribution in [3.05, 3.63) is 0 Å². The maximum atomic E-state index is 12.0. The number of hydrogen-bond acceptors (Lipinski definition) is 3. The Hall–Kier alpha value is -1.79. The zero-order chi connectivity index (χ0) is 15.0. The van der Waals surface area contributed by atoms with Gasteiger partial charge in [0.2, 0.25) is 5.91 Å². The van der Waals surface area contributed by atoms with Gasteiger partial charge in [-0.15, -0.1) is 0 Å². The smallest absolute Gasteiger partial charge is 0.323 e. The predicted octanol–water partition coefficient (Wildman–Crippen LogP) is 0.551. The van der Waals surface area contributed by atoms with Gasteiger partial charge in [-0.05, 0) is 19.8 Å². The molecule has 3 N–H and O–H groups in total. The molecular formula is C13H23N3O4. The largest absolute Gasteiger partial charge is 0.480 e. The first-order valence-electron chi connectivity index (χ1n) is 7.07. The SMILES string of the molecule is CCNC(=O)CCNC(=O)N(CC(=O)O)C1CCCC1. The summed E-state index contributed by atoms with van der Waals surface area (Å²) in [6.07, 6.45) is 3.93. The molecule has 0 heterocycles. The van der Waals surface area contributed by atoms with E-state index in [0.717, 1.165) is 25.7 Å². The second-order valence-corrected chi connectivity index (χ2v) is 4.90. The Labute approximate surface area is 118 Å². The number of nitrogens with one attached hydrogen (secondary N) is 2. The number of rotatable bonds is 7. The molecule has 1 fully saturated rings. The van der Waals surface area contributed by atoms with Crippen molar-refractivity contribution in [3.8, 4) is 0 Å². The molecule has 0 unspecified atom stereocenters. The van der Waals surface area contributed by atoms with Gasteiger partial charge in [-0.2, -0.15) is 0 Å². The van der Waals surface area contributed by atoms with Gasteiger partial charge in [0.05, 0.1) is 0 Å². The van der Waals surface area contributed by atoms with Gasteiger partial charge < -0.3 is 20.6 Å². The number of carbonyl (C=O) groups excluding carboxylic acids is 2. The van der Waals surface area contributed by atoms with E-state index in [2.05, 4.69) is 10.6 Å². The molecule has 0 aromatic heterocycles. The number of amides is 3. The fraction of sp³-hybridized carbons (Fsp3) is 0.769. The Balaban J connectivity index is 2.42. The van der Waals surface area contributed by atoms with E-state index in [1.807, 2.05) is 6.92 Å². The highest BCUT2D eigenvalue weighted by Crippen LogP contribution is 2.23. The number of carboxylic acid groups (broad SMARTS) is 1. The number of urea groups is 1. The lowest BCUT2D eigenvalue weighted by Crippen LogP contribution is -2.48. The van der Waals surface area contributed by atoms with Crippen molar-refractivity contribution in [1.29, 1.82) is 0 Å². The third-order valence-electron chi connectivity index (χ3n) is 3.33. The van der Waals surface area contributed by atoms with Gasteiger partial charge >= 0.3 is 12.0 Å². The maximum absolute atomic E-state index is 12.0. The molecule has 0 aliphatic heterocycles. The van der Waals surface area contributed by atoms with Crippen molar-refractivity contribution in [1.82, 2.24) is 15.5 Å². The summed E-state index contributed by atoms with van der Waals surface area (Å²) >= 11 is 0. The van der Waals surface area contributed by atoms with Crippen LogP contribution in [0.2, 0.25) is 0 Å². The highest BCUT2D eigenvalue weighted by molar-refractivity contribution is 5.81. The number of carboxylic acids is 1. The van der Waals surface area contributed by atoms with E-state index in [1.54, 1.807) is 0 Å². The second-order valence-electron chi connectivity index (χ2n) is 4.90. The molecule has 0 bridgehead atoms. The topological polar surface area (TPSA) is 98.7 Å². The highest BCUT2D eigenvalue weighted by atomic mass is 16.4. The Morgan fingerprint density at radius 3 is 2.40 bits per heavy atom. The molecule has 1 saturated carbocycles. The van der Waals surface area contributed by atoms with E-state index in [1.165, 1.54) is 4.90 Å². The van der Waals surface area contributed by atoms with Gasteiger partial charge in [-0.1, -0.05) is 12.8 Å². The number of carbonyl (C=O) groups is 3. The summed E-state index contributed by atoms with van der Waals surface area (Å²) in [7, 11) is 0. The molecule has 0 spiro atoms. The van der Waals surface area contributed by atoms with Crippen molar-refractivity contribution in [2.45, 2.75) is 45.1 Å². The third kappa shape index (κ3) is 5.46. The van der Waals surface area contributed by atoms with Gasteiger partial charge in [0.15, 0.2) is 0 Å². The van der Waals surface area contributed by atoms with E-state index in [0.29, 0.717) is 6.54 Å². The maximum Gasteiger partial charge on any atom is 0.323 e. The van der Waals surface area contributed by atoms with E-state index in [-0.39, 0.29) is 31.5 Å². The van der Waals surface area contributed by atoms with Crippen molar-refractivity contribution >= 4 is 17.9 Å². The lowest BCUT2D eigenvalue weighted by atomic mass is 10.2. The molecule has 1 aliphatic rings. The van der Waals surface area contributed by atoms with Crippen LogP contribution in [0.5, 0.6) is 0 Å². The Morgan fingerprint density at radius 1 is 1.20 bits per heavy atom. The molecular weight excluding hydrogens is 262 g/mol. The molecule has 0 atom stereocenters. The molecule has 0 radical (unpaired) electrons. The molecule has 0 aromatic rings. The average molecular weight is 285 g/mol. The summed E-state index contributed by atoms with van der Waals surface area (Å²) in [6, 6.07) is -0.404. The van der Waals surface area contributed by atoms with Gasteiger partial charge in [-0.25, -0.2) is 4.79 Å². The summed E-state index contributed by atoms with van der Waals surface area (Å²) in [4.78, 5) is 35.5. The van der Waals surface area contributed by atoms with Crippen molar-refractivity contribution in [2.75, 3.05) is 19.6 Å². The third-order valence-corrected chi connectivity index (χ3v) is 3.33. The van der Waals surface area contributed by atoms with Gasteiger partial charge in [0.25, 0.3) is 0 Å². The molecule has 114 valence electrons. The summed E-state index contributed by atoms with van der Waals surface area (Å²) in [5.41, 5.74) is 0. The second kappa shape index (κ2) is 8.39. The highest BCUT2D eigenvalue weighted by Gasteiger charge is 2.28. The molecule has 3 amide bonds. The number of hydrogen-bond donors (Lipinski definition) is 3. The van der Waals surface area contributed by atoms with Crippen LogP contribution < -0.4 is 10.6 Å². The van der Waals surface area contributed by atoms with Crippen LogP contribution in [-0.4, -0.2) is 53.6 Å². The summed E-state index contributed by atoms with van der Waals surface area (Å²) in [5.74, 6) is -1.14. The van der Waals surface area contributed by atoms with Crippen LogP contribution in [0.4, 0.5) is 4.79 Å². The monoisotopic (exact) mass is 285 g/mol. The number of aliphatic carboxylic acids is 1. The summed E-state index contributed by atoms with van der Waals surface area (Å²) in [5, 5.41) is 14.1. The molecule has 1 rings (SSSR count). The molecule has 0 aromatic carbocycles. The summed E-state index contributed by atoms with van der Waals surface area (Å²) in [6.45, 7) is 2.30. The molecule has 0 saturated heterocycles. The Bertz CT molecular complexity index is 354. The zero-order valence-electron chi connectivity index (χ0n) is 11.9. The lowest BCUT2D eigenvalue weighted by molar-refractivity contribution is -0.138. The Kier molecular flexibility index (Phi) is 6.83. The fourth-order valence-corrected chi connectivity index (χ4v) is 2.40. The first-order valence-corrected chi connectivity index (χ1v) is 7.07. The van der Waals surface area contributed by atoms with Gasteiger partial charge in [0.1, 0.15) is 6.54 Å². The lowest BCUT2D eigenvalue weighted by Gasteiger charge is -2.27. The van der Waals surface area contributed by atoms with Crippen LogP contribution in [0, 0.1) is 0 Å². The van der Waals surface area contributed by atoms with E-state index in [4.69, 9.17) is 5.11 Å².